The van der Waals surface area contributed by atoms with Gasteiger partial charge in [-0.15, -0.1) is 0 Å². The van der Waals surface area contributed by atoms with Gasteiger partial charge in [-0.2, -0.15) is 8.42 Å². The van der Waals surface area contributed by atoms with Gasteiger partial charge in [-0.05, 0) is 6.42 Å². The molecule has 0 saturated heterocycles. The molecule has 17 heavy (non-hydrogen) atoms. The summed E-state index contributed by atoms with van der Waals surface area (Å²) in [6.07, 6.45) is 1.12. The van der Waals surface area contributed by atoms with Gasteiger partial charge in [0.15, 0.2) is 0 Å². The van der Waals surface area contributed by atoms with Crippen molar-refractivity contribution < 1.29 is 17.8 Å². The molecule has 1 heterocycles. The number of aromatic amines is 1. The first-order chi connectivity index (χ1) is 7.87. The van der Waals surface area contributed by atoms with Crippen molar-refractivity contribution in [2.45, 2.75) is 12.8 Å². The first kappa shape index (κ1) is 13.3. The van der Waals surface area contributed by atoms with Crippen molar-refractivity contribution in [2.24, 2.45) is 0 Å². The molecular formula is C8H11N3O5S. The van der Waals surface area contributed by atoms with Crippen molar-refractivity contribution in [3.63, 3.8) is 0 Å². The number of nitrogens with one attached hydrogen (secondary N) is 2. The van der Waals surface area contributed by atoms with Gasteiger partial charge in [0.1, 0.15) is 0 Å². The van der Waals surface area contributed by atoms with E-state index in [0.29, 0.717) is 0 Å². The minimum atomic E-state index is -4.05. The highest BCUT2D eigenvalue weighted by atomic mass is 32.2. The van der Waals surface area contributed by atoms with E-state index in [0.717, 1.165) is 0 Å². The number of amides is 1. The molecule has 0 radical (unpaired) electrons. The zero-order chi connectivity index (χ0) is 12.9. The summed E-state index contributed by atoms with van der Waals surface area (Å²) in [5.74, 6) is -0.989. The molecule has 0 saturated carbocycles. The molecule has 0 aliphatic rings. The van der Waals surface area contributed by atoms with Crippen LogP contribution < -0.4 is 10.9 Å². The van der Waals surface area contributed by atoms with Crippen LogP contribution in [0.2, 0.25) is 0 Å². The van der Waals surface area contributed by atoms with Crippen LogP contribution in [0, 0.1) is 0 Å². The molecule has 0 unspecified atom stereocenters. The van der Waals surface area contributed by atoms with Gasteiger partial charge >= 0.3 is 0 Å². The number of nitrogens with zero attached hydrogens (tertiary/aromatic N) is 1. The SMILES string of the molecule is O=C(CCCS(=O)(=O)O)Nc1nccc(=O)[nH]1. The molecular weight excluding hydrogens is 250 g/mol. The molecule has 3 N–H and O–H groups in total. The summed E-state index contributed by atoms with van der Waals surface area (Å²) < 4.78 is 29.2. The second kappa shape index (κ2) is 5.55. The molecule has 1 aromatic heterocycles. The first-order valence-corrected chi connectivity index (χ1v) is 6.28. The lowest BCUT2D eigenvalue weighted by Crippen LogP contribution is -2.18. The third kappa shape index (κ3) is 5.78. The summed E-state index contributed by atoms with van der Waals surface area (Å²) in [7, 11) is -4.05. The number of hydrogen-bond donors (Lipinski definition) is 3. The fourth-order valence-electron chi connectivity index (χ4n) is 1.04. The predicted octanol–water partition coefficient (Wildman–Crippen LogP) is -0.624. The van der Waals surface area contributed by atoms with Crippen LogP contribution in [-0.4, -0.2) is 34.6 Å². The number of H-pyrrole nitrogens is 1. The molecule has 0 spiro atoms. The molecule has 0 fully saturated rings. The molecule has 8 nitrogen and oxygen atoms in total. The lowest BCUT2D eigenvalue weighted by Gasteiger charge is -2.02. The van der Waals surface area contributed by atoms with E-state index in [4.69, 9.17) is 4.55 Å². The molecule has 0 bridgehead atoms. The highest BCUT2D eigenvalue weighted by Gasteiger charge is 2.08. The molecule has 0 atom stereocenters. The molecule has 94 valence electrons. The van der Waals surface area contributed by atoms with Gasteiger partial charge in [-0.1, -0.05) is 0 Å². The Morgan fingerprint density at radius 3 is 2.82 bits per heavy atom. The summed E-state index contributed by atoms with van der Waals surface area (Å²) in [6, 6.07) is 1.19. The Balaban J connectivity index is 2.43. The van der Waals surface area contributed by atoms with Crippen LogP contribution in [0.5, 0.6) is 0 Å². The molecule has 0 aliphatic heterocycles. The van der Waals surface area contributed by atoms with Crippen LogP contribution in [0.15, 0.2) is 17.1 Å². The number of rotatable bonds is 5. The Labute approximate surface area is 96.8 Å². The maximum atomic E-state index is 11.3. The van der Waals surface area contributed by atoms with E-state index in [9.17, 15) is 18.0 Å². The second-order valence-corrected chi connectivity index (χ2v) is 4.79. The van der Waals surface area contributed by atoms with Gasteiger partial charge in [-0.3, -0.25) is 24.4 Å². The average Bonchev–Trinajstić information content (AvgIpc) is 2.15. The van der Waals surface area contributed by atoms with Gasteiger partial charge in [0.2, 0.25) is 11.9 Å². The minimum Gasteiger partial charge on any atom is -0.296 e. The Kier molecular flexibility index (Phi) is 4.35. The highest BCUT2D eigenvalue weighted by Crippen LogP contribution is 1.98. The van der Waals surface area contributed by atoms with Crippen LogP contribution in [-0.2, 0) is 14.9 Å². The monoisotopic (exact) mass is 261 g/mol. The van der Waals surface area contributed by atoms with Gasteiger partial charge in [0, 0.05) is 18.7 Å². The Morgan fingerprint density at radius 1 is 1.53 bits per heavy atom. The van der Waals surface area contributed by atoms with Crippen LogP contribution in [0.4, 0.5) is 5.95 Å². The standard InChI is InChI=1S/C8H11N3O5S/c12-6(2-1-5-17(14,15)16)10-8-9-4-3-7(13)11-8/h3-4H,1-2,5H2,(H,14,15,16)(H2,9,10,11,12,13). The number of anilines is 1. The lowest BCUT2D eigenvalue weighted by molar-refractivity contribution is -0.116. The minimum absolute atomic E-state index is 0.00523. The quantitative estimate of drug-likeness (QED) is 0.605. The van der Waals surface area contributed by atoms with Crippen molar-refractivity contribution in [3.8, 4) is 0 Å². The second-order valence-electron chi connectivity index (χ2n) is 3.22. The van der Waals surface area contributed by atoms with E-state index in [1.54, 1.807) is 0 Å². The van der Waals surface area contributed by atoms with Gasteiger partial charge in [0.25, 0.3) is 15.7 Å². The Morgan fingerprint density at radius 2 is 2.24 bits per heavy atom. The van der Waals surface area contributed by atoms with Crippen LogP contribution in [0.1, 0.15) is 12.8 Å². The van der Waals surface area contributed by atoms with Crippen LogP contribution in [0.25, 0.3) is 0 Å². The summed E-state index contributed by atoms with van der Waals surface area (Å²) >= 11 is 0. The Bertz CT molecular complexity index is 550. The molecule has 0 aliphatic carbocycles. The maximum absolute atomic E-state index is 11.3. The zero-order valence-electron chi connectivity index (χ0n) is 8.71. The topological polar surface area (TPSA) is 129 Å². The molecule has 0 aromatic carbocycles. The number of carbonyl (C=O) groups excluding carboxylic acids is 1. The average molecular weight is 261 g/mol. The zero-order valence-corrected chi connectivity index (χ0v) is 9.53. The number of aromatic nitrogens is 2. The fraction of sp³-hybridized carbons (Fsp3) is 0.375. The van der Waals surface area contributed by atoms with E-state index in [2.05, 4.69) is 15.3 Å². The highest BCUT2D eigenvalue weighted by molar-refractivity contribution is 7.85. The van der Waals surface area contributed by atoms with Crippen LogP contribution >= 0.6 is 0 Å². The van der Waals surface area contributed by atoms with E-state index < -0.39 is 27.3 Å². The van der Waals surface area contributed by atoms with Crippen molar-refractivity contribution >= 4 is 22.0 Å². The summed E-state index contributed by atoms with van der Waals surface area (Å²) in [6.45, 7) is 0. The third-order valence-electron chi connectivity index (χ3n) is 1.74. The van der Waals surface area contributed by atoms with Gasteiger partial charge in [0.05, 0.1) is 5.75 Å². The van der Waals surface area contributed by atoms with Crippen LogP contribution in [0.3, 0.4) is 0 Å². The smallest absolute Gasteiger partial charge is 0.264 e. The van der Waals surface area contributed by atoms with E-state index in [1.807, 2.05) is 0 Å². The summed E-state index contributed by atoms with van der Waals surface area (Å²) in [5, 5.41) is 2.29. The Hall–Kier alpha value is -1.74. The fourth-order valence-corrected chi connectivity index (χ4v) is 1.55. The molecule has 9 heteroatoms. The summed E-state index contributed by atoms with van der Waals surface area (Å²) in [4.78, 5) is 28.1. The third-order valence-corrected chi connectivity index (χ3v) is 2.54. The normalized spacial score (nSPS) is 11.1. The van der Waals surface area contributed by atoms with E-state index >= 15 is 0 Å². The van der Waals surface area contributed by atoms with Crippen molar-refractivity contribution in [1.82, 2.24) is 9.97 Å². The molecule has 1 rings (SSSR count). The maximum Gasteiger partial charge on any atom is 0.264 e. The van der Waals surface area contributed by atoms with Crippen molar-refractivity contribution in [3.05, 3.63) is 22.6 Å². The van der Waals surface area contributed by atoms with Crippen molar-refractivity contribution in [1.29, 1.82) is 0 Å². The van der Waals surface area contributed by atoms with E-state index in [-0.39, 0.29) is 18.8 Å². The van der Waals surface area contributed by atoms with E-state index in [1.165, 1.54) is 12.3 Å². The van der Waals surface area contributed by atoms with Gasteiger partial charge in [-0.25, -0.2) is 4.98 Å². The molecule has 1 aromatic rings. The van der Waals surface area contributed by atoms with Gasteiger partial charge < -0.3 is 0 Å². The largest absolute Gasteiger partial charge is 0.296 e. The predicted molar refractivity (Wildman–Crippen MR) is 59.1 cm³/mol. The summed E-state index contributed by atoms with van der Waals surface area (Å²) in [5.41, 5.74) is -0.409. The lowest BCUT2D eigenvalue weighted by atomic mass is 10.3. The van der Waals surface area contributed by atoms with Crippen molar-refractivity contribution in [2.75, 3.05) is 11.1 Å². The molecule has 1 amide bonds. The number of carbonyl (C=O) groups is 1. The number of hydrogen-bond acceptors (Lipinski definition) is 5. The first-order valence-electron chi connectivity index (χ1n) is 4.67.